The summed E-state index contributed by atoms with van der Waals surface area (Å²) in [5.41, 5.74) is 4.39. The molecule has 2 atom stereocenters. The van der Waals surface area contributed by atoms with Gasteiger partial charge in [0.25, 0.3) is 5.91 Å². The molecule has 2 fully saturated rings. The van der Waals surface area contributed by atoms with Crippen molar-refractivity contribution in [3.05, 3.63) is 65.7 Å². The highest BCUT2D eigenvalue weighted by atomic mass is 16.3. The van der Waals surface area contributed by atoms with E-state index in [0.29, 0.717) is 19.0 Å². The summed E-state index contributed by atoms with van der Waals surface area (Å²) >= 11 is 0. The van der Waals surface area contributed by atoms with E-state index in [1.54, 1.807) is 0 Å². The minimum Gasteiger partial charge on any atom is -0.392 e. The Balaban J connectivity index is 1.60. The summed E-state index contributed by atoms with van der Waals surface area (Å²) in [6.45, 7) is 4.20. The molecule has 0 radical (unpaired) electrons. The maximum atomic E-state index is 13.9. The Morgan fingerprint density at radius 1 is 1.06 bits per heavy atom. The smallest absolute Gasteiger partial charge is 0.252 e. The molecule has 1 unspecified atom stereocenters. The molecule has 2 aromatic carbocycles. The molecule has 5 heteroatoms. The zero-order valence-corrected chi connectivity index (χ0v) is 20.0. The summed E-state index contributed by atoms with van der Waals surface area (Å²) in [6, 6.07) is 18.3. The molecule has 1 saturated heterocycles. The molecule has 1 amide bonds. The van der Waals surface area contributed by atoms with Gasteiger partial charge in [0.15, 0.2) is 0 Å². The predicted molar refractivity (Wildman–Crippen MR) is 137 cm³/mol. The van der Waals surface area contributed by atoms with Crippen molar-refractivity contribution < 1.29 is 9.90 Å². The number of nitrogens with zero attached hydrogens (tertiary/aromatic N) is 2. The van der Waals surface area contributed by atoms with Crippen molar-refractivity contribution in [2.24, 2.45) is 5.92 Å². The van der Waals surface area contributed by atoms with Gasteiger partial charge < -0.3 is 10.4 Å². The predicted octanol–water partition coefficient (Wildman–Crippen LogP) is 5.17. The maximum absolute atomic E-state index is 13.9. The topological polar surface area (TPSA) is 65.5 Å². The van der Waals surface area contributed by atoms with Crippen molar-refractivity contribution in [1.29, 1.82) is 0 Å². The van der Waals surface area contributed by atoms with Gasteiger partial charge >= 0.3 is 0 Å². The molecule has 0 spiro atoms. The van der Waals surface area contributed by atoms with Gasteiger partial charge in [-0.15, -0.1) is 0 Å². The largest absolute Gasteiger partial charge is 0.392 e. The third kappa shape index (κ3) is 4.86. The van der Waals surface area contributed by atoms with E-state index in [-0.39, 0.29) is 18.1 Å². The molecular weight excluding hydrogens is 422 g/mol. The fourth-order valence-corrected chi connectivity index (χ4v) is 5.71. The lowest BCUT2D eigenvalue weighted by Crippen LogP contribution is -2.39. The molecule has 178 valence electrons. The van der Waals surface area contributed by atoms with Gasteiger partial charge in [0, 0.05) is 42.2 Å². The van der Waals surface area contributed by atoms with Gasteiger partial charge in [0.1, 0.15) is 0 Å². The second kappa shape index (κ2) is 10.2. The minimum atomic E-state index is -0.308. The zero-order valence-electron chi connectivity index (χ0n) is 20.0. The zero-order chi connectivity index (χ0) is 23.5. The van der Waals surface area contributed by atoms with E-state index < -0.39 is 0 Å². The quantitative estimate of drug-likeness (QED) is 0.536. The number of rotatable bonds is 6. The van der Waals surface area contributed by atoms with Gasteiger partial charge in [0.05, 0.1) is 22.9 Å². The Morgan fingerprint density at radius 3 is 2.53 bits per heavy atom. The third-order valence-corrected chi connectivity index (χ3v) is 7.61. The first-order valence-electron chi connectivity index (χ1n) is 12.8. The van der Waals surface area contributed by atoms with Crippen LogP contribution >= 0.6 is 0 Å². The minimum absolute atomic E-state index is 0.0106. The fourth-order valence-electron chi connectivity index (χ4n) is 5.71. The first kappa shape index (κ1) is 23.0. The van der Waals surface area contributed by atoms with Crippen molar-refractivity contribution in [3.8, 4) is 11.3 Å². The maximum Gasteiger partial charge on any atom is 0.252 e. The van der Waals surface area contributed by atoms with E-state index in [9.17, 15) is 9.90 Å². The van der Waals surface area contributed by atoms with Gasteiger partial charge in [-0.3, -0.25) is 9.69 Å². The van der Waals surface area contributed by atoms with Crippen LogP contribution in [0.25, 0.3) is 22.2 Å². The molecule has 1 saturated carbocycles. The lowest BCUT2D eigenvalue weighted by atomic mass is 9.84. The van der Waals surface area contributed by atoms with Gasteiger partial charge in [-0.05, 0) is 38.2 Å². The lowest BCUT2D eigenvalue weighted by Gasteiger charge is -2.29. The number of aliphatic hydroxyl groups excluding tert-OH is 1. The highest BCUT2D eigenvalue weighted by Gasteiger charge is 2.28. The number of aliphatic hydroxyl groups is 1. The molecule has 0 bridgehead atoms. The second-order valence-electron chi connectivity index (χ2n) is 10.0. The molecule has 1 aliphatic heterocycles. The van der Waals surface area contributed by atoms with E-state index in [1.165, 1.54) is 32.1 Å². The molecule has 2 heterocycles. The number of pyridine rings is 1. The first-order valence-corrected chi connectivity index (χ1v) is 12.8. The van der Waals surface area contributed by atoms with Gasteiger partial charge in [-0.25, -0.2) is 4.98 Å². The number of fused-ring (bicyclic) bond motifs is 1. The molecule has 1 aliphatic carbocycles. The van der Waals surface area contributed by atoms with E-state index in [4.69, 9.17) is 4.98 Å². The molecule has 34 heavy (non-hydrogen) atoms. The van der Waals surface area contributed by atoms with Crippen LogP contribution in [0, 0.1) is 5.92 Å². The van der Waals surface area contributed by atoms with Crippen LogP contribution in [-0.2, 0) is 6.54 Å². The monoisotopic (exact) mass is 457 g/mol. The molecule has 5 rings (SSSR count). The third-order valence-electron chi connectivity index (χ3n) is 7.61. The van der Waals surface area contributed by atoms with E-state index in [0.717, 1.165) is 46.3 Å². The normalized spacial score (nSPS) is 20.5. The van der Waals surface area contributed by atoms with Crippen LogP contribution in [0.2, 0.25) is 0 Å². The highest BCUT2D eigenvalue weighted by molar-refractivity contribution is 6.09. The second-order valence-corrected chi connectivity index (χ2v) is 10.0. The standard InChI is InChI=1S/C29H35N3O2/c1-20(21-10-4-2-5-11-21)30-29(34)27-24-14-8-9-15-26(24)31-28(22-12-6-3-7-13-22)25(27)19-32-17-16-23(33)18-32/h3,6-9,12-15,20-21,23,33H,2,4-5,10-11,16-19H2,1H3,(H,30,34)/t20-,23?/m0/s1. The summed E-state index contributed by atoms with van der Waals surface area (Å²) in [7, 11) is 0. The number of aromatic nitrogens is 1. The number of nitrogens with one attached hydrogen (secondary N) is 1. The van der Waals surface area contributed by atoms with Crippen LogP contribution in [0.3, 0.4) is 0 Å². The Morgan fingerprint density at radius 2 is 1.79 bits per heavy atom. The fraction of sp³-hybridized carbons (Fsp3) is 0.448. The number of hydrogen-bond acceptors (Lipinski definition) is 4. The number of carbonyl (C=O) groups excluding carboxylic acids is 1. The molecule has 2 N–H and O–H groups in total. The van der Waals surface area contributed by atoms with E-state index >= 15 is 0 Å². The highest BCUT2D eigenvalue weighted by Crippen LogP contribution is 2.33. The Labute approximate surface area is 202 Å². The van der Waals surface area contributed by atoms with Crippen LogP contribution in [-0.4, -0.2) is 46.1 Å². The molecule has 1 aromatic heterocycles. The van der Waals surface area contributed by atoms with E-state index in [1.807, 2.05) is 42.5 Å². The van der Waals surface area contributed by atoms with Crippen molar-refractivity contribution in [2.75, 3.05) is 13.1 Å². The molecule has 3 aromatic rings. The summed E-state index contributed by atoms with van der Waals surface area (Å²) in [5.74, 6) is 0.528. The first-order chi connectivity index (χ1) is 16.6. The molecule has 5 nitrogen and oxygen atoms in total. The lowest BCUT2D eigenvalue weighted by molar-refractivity contribution is 0.0919. The number of hydrogen-bond donors (Lipinski definition) is 2. The SMILES string of the molecule is C[C@H](NC(=O)c1c(CN2CCC(O)C2)c(-c2ccccc2)nc2ccccc12)C1CCCCC1. The Hall–Kier alpha value is -2.76. The van der Waals surface area contributed by atoms with Crippen molar-refractivity contribution in [3.63, 3.8) is 0 Å². The number of amides is 1. The van der Waals surface area contributed by atoms with E-state index in [2.05, 4.69) is 29.3 Å². The summed E-state index contributed by atoms with van der Waals surface area (Å²) in [6.07, 6.45) is 6.64. The summed E-state index contributed by atoms with van der Waals surface area (Å²) in [5, 5.41) is 14.4. The molecular formula is C29H35N3O2. The van der Waals surface area contributed by atoms with Crippen molar-refractivity contribution >= 4 is 16.8 Å². The Bertz CT molecular complexity index is 1140. The van der Waals surface area contributed by atoms with Crippen LogP contribution in [0.4, 0.5) is 0 Å². The Kier molecular flexibility index (Phi) is 6.93. The number of benzene rings is 2. The van der Waals surface area contributed by atoms with Crippen molar-refractivity contribution in [1.82, 2.24) is 15.2 Å². The number of carbonyl (C=O) groups is 1. The average molecular weight is 458 g/mol. The van der Waals surface area contributed by atoms with Crippen LogP contribution in [0.5, 0.6) is 0 Å². The average Bonchev–Trinajstić information content (AvgIpc) is 3.29. The summed E-state index contributed by atoms with van der Waals surface area (Å²) in [4.78, 5) is 21.2. The van der Waals surface area contributed by atoms with Crippen LogP contribution < -0.4 is 5.32 Å². The number of β-amino-alcohol motifs (C(OH)–C–C–N with tert-alkyl or cyclic N) is 1. The summed E-state index contributed by atoms with van der Waals surface area (Å²) < 4.78 is 0. The van der Waals surface area contributed by atoms with Gasteiger partial charge in [0.2, 0.25) is 0 Å². The number of para-hydroxylation sites is 1. The van der Waals surface area contributed by atoms with Crippen LogP contribution in [0.1, 0.15) is 61.4 Å². The van der Waals surface area contributed by atoms with Crippen LogP contribution in [0.15, 0.2) is 54.6 Å². The van der Waals surface area contributed by atoms with Crippen molar-refractivity contribution in [2.45, 2.75) is 64.1 Å². The molecule has 2 aliphatic rings. The van der Waals surface area contributed by atoms with Gasteiger partial charge in [-0.2, -0.15) is 0 Å². The van der Waals surface area contributed by atoms with Gasteiger partial charge in [-0.1, -0.05) is 67.8 Å². The number of likely N-dealkylation sites (tertiary alicyclic amines) is 1.